The third-order valence-electron chi connectivity index (χ3n) is 12.7. The van der Waals surface area contributed by atoms with Crippen LogP contribution in [0.2, 0.25) is 0 Å². The Kier molecular flexibility index (Phi) is 5.96. The van der Waals surface area contributed by atoms with Gasteiger partial charge in [-0.3, -0.25) is 9.80 Å². The van der Waals surface area contributed by atoms with Crippen LogP contribution >= 0.6 is 0 Å². The summed E-state index contributed by atoms with van der Waals surface area (Å²) in [5.74, 6) is 3.80. The van der Waals surface area contributed by atoms with Crippen LogP contribution in [0.15, 0.2) is 0 Å². The molecular weight excluding hydrogens is 406 g/mol. The lowest BCUT2D eigenvalue weighted by Gasteiger charge is -2.73. The van der Waals surface area contributed by atoms with Gasteiger partial charge in [-0.2, -0.15) is 0 Å². The van der Waals surface area contributed by atoms with Crippen molar-refractivity contribution in [3.63, 3.8) is 0 Å². The van der Waals surface area contributed by atoms with E-state index < -0.39 is 0 Å². The number of hydrogen-bond acceptors (Lipinski definition) is 4. The van der Waals surface area contributed by atoms with Crippen molar-refractivity contribution in [3.8, 4) is 0 Å². The van der Waals surface area contributed by atoms with Crippen LogP contribution in [0.4, 0.5) is 0 Å². The first-order valence-corrected chi connectivity index (χ1v) is 14.8. The average molecular weight is 458 g/mol. The first kappa shape index (κ1) is 23.3. The van der Waals surface area contributed by atoms with Crippen LogP contribution in [-0.2, 0) is 0 Å². The van der Waals surface area contributed by atoms with Crippen molar-refractivity contribution in [2.24, 2.45) is 40.4 Å². The molecule has 0 radical (unpaired) electrons. The quantitative estimate of drug-likeness (QED) is 0.629. The van der Waals surface area contributed by atoms with E-state index in [0.29, 0.717) is 17.3 Å². The zero-order valence-corrected chi connectivity index (χ0v) is 21.8. The zero-order valence-electron chi connectivity index (χ0n) is 21.8. The van der Waals surface area contributed by atoms with Crippen LogP contribution in [0, 0.1) is 40.4 Å². The van der Waals surface area contributed by atoms with Gasteiger partial charge in [0.15, 0.2) is 0 Å². The minimum atomic E-state index is -0.156. The largest absolute Gasteiger partial charge is 0.393 e. The van der Waals surface area contributed by atoms with E-state index in [1.807, 2.05) is 0 Å². The number of nitrogens with one attached hydrogen (secondary N) is 1. The van der Waals surface area contributed by atoms with Gasteiger partial charge < -0.3 is 10.4 Å². The van der Waals surface area contributed by atoms with Crippen LogP contribution in [0.5, 0.6) is 0 Å². The Morgan fingerprint density at radius 3 is 2.24 bits per heavy atom. The van der Waals surface area contributed by atoms with Gasteiger partial charge in [0.05, 0.1) is 11.8 Å². The van der Waals surface area contributed by atoms with Crippen molar-refractivity contribution < 1.29 is 5.11 Å². The van der Waals surface area contributed by atoms with Gasteiger partial charge >= 0.3 is 0 Å². The van der Waals surface area contributed by atoms with Gasteiger partial charge in [0.1, 0.15) is 0 Å². The van der Waals surface area contributed by atoms with Crippen LogP contribution < -0.4 is 5.32 Å². The summed E-state index contributed by atoms with van der Waals surface area (Å²) in [4.78, 5) is 5.87. The summed E-state index contributed by atoms with van der Waals surface area (Å²) in [6, 6.07) is 0. The number of piperazine rings is 1. The van der Waals surface area contributed by atoms with E-state index >= 15 is 0 Å². The lowest BCUT2D eigenvalue weighted by atomic mass is 9.40. The molecule has 2 aliphatic heterocycles. The Morgan fingerprint density at radius 2 is 1.48 bits per heavy atom. The minimum Gasteiger partial charge on any atom is -0.393 e. The smallest absolute Gasteiger partial charge is 0.0824 e. The van der Waals surface area contributed by atoms with E-state index in [9.17, 15) is 5.11 Å². The second-order valence-electron chi connectivity index (χ2n) is 13.7. The van der Waals surface area contributed by atoms with E-state index in [-0.39, 0.29) is 17.2 Å². The molecule has 188 valence electrons. The Labute approximate surface area is 203 Å². The number of likely N-dealkylation sites (tertiary alicyclic amines) is 1. The van der Waals surface area contributed by atoms with Crippen LogP contribution in [0.3, 0.4) is 0 Å². The van der Waals surface area contributed by atoms with E-state index in [4.69, 9.17) is 0 Å². The molecule has 4 saturated carbocycles. The lowest BCUT2D eigenvalue weighted by molar-refractivity contribution is -0.278. The monoisotopic (exact) mass is 457 g/mol. The number of hydrogen-bond donors (Lipinski definition) is 2. The zero-order chi connectivity index (χ0) is 22.8. The van der Waals surface area contributed by atoms with E-state index in [1.165, 1.54) is 77.3 Å². The maximum Gasteiger partial charge on any atom is 0.0824 e. The van der Waals surface area contributed by atoms with Crippen LogP contribution in [0.25, 0.3) is 0 Å². The van der Waals surface area contributed by atoms with Gasteiger partial charge in [-0.25, -0.2) is 0 Å². The summed E-state index contributed by atoms with van der Waals surface area (Å²) in [7, 11) is 0. The van der Waals surface area contributed by atoms with Crippen molar-refractivity contribution in [1.82, 2.24) is 15.1 Å². The fraction of sp³-hybridized carbons (Fsp3) is 1.00. The minimum absolute atomic E-state index is 0.0434. The van der Waals surface area contributed by atoms with Crippen LogP contribution in [-0.4, -0.2) is 65.9 Å². The molecule has 0 amide bonds. The fourth-order valence-electron chi connectivity index (χ4n) is 11.2. The van der Waals surface area contributed by atoms with E-state index in [1.54, 1.807) is 0 Å². The van der Waals surface area contributed by atoms with Crippen molar-refractivity contribution in [2.75, 3.05) is 39.3 Å². The number of rotatable bonds is 2. The van der Waals surface area contributed by atoms with Crippen molar-refractivity contribution in [1.29, 1.82) is 0 Å². The van der Waals surface area contributed by atoms with Gasteiger partial charge in [-0.15, -0.1) is 0 Å². The molecule has 6 fully saturated rings. The SMILES string of the molecule is CC1C(O)CC(N2CCCCC2)(N2CCNCC2)[C@@]2(C)C1CCC1C3CCC[C@@]3(C)CCC12. The number of fused-ring (bicyclic) bond motifs is 5. The second kappa shape index (κ2) is 8.46. The molecular formula is C29H51N3O. The highest BCUT2D eigenvalue weighted by Gasteiger charge is 2.70. The molecule has 0 aromatic carbocycles. The topological polar surface area (TPSA) is 38.7 Å². The molecule has 4 heteroatoms. The molecule has 2 saturated heterocycles. The predicted octanol–water partition coefficient (Wildman–Crippen LogP) is 4.72. The highest BCUT2D eigenvalue weighted by atomic mass is 16.3. The number of piperidine rings is 1. The van der Waals surface area contributed by atoms with Crippen molar-refractivity contribution >= 4 is 0 Å². The molecule has 0 bridgehead atoms. The standard InChI is InChI=1S/C29H51N3O/c1-21-23-10-9-22-24-8-7-12-27(24,2)13-11-25(22)28(23,3)29(20-26(21)33,31-16-5-4-6-17-31)32-18-14-30-15-19-32/h21-26,30,33H,4-20H2,1-3H3/t21?,22?,23?,24?,25?,26?,27-,28-,29?/m0/s1. The second-order valence-corrected chi connectivity index (χ2v) is 13.7. The fourth-order valence-corrected chi connectivity index (χ4v) is 11.2. The molecule has 6 aliphatic rings. The number of aliphatic hydroxyl groups is 1. The van der Waals surface area contributed by atoms with Gasteiger partial charge in [0, 0.05) is 38.0 Å². The van der Waals surface area contributed by atoms with Crippen molar-refractivity contribution in [2.45, 2.75) is 103 Å². The van der Waals surface area contributed by atoms with Gasteiger partial charge in [0.25, 0.3) is 0 Å². The summed E-state index contributed by atoms with van der Waals surface area (Å²) >= 11 is 0. The highest BCUT2D eigenvalue weighted by Crippen LogP contribution is 2.70. The molecule has 4 aliphatic carbocycles. The number of nitrogens with zero attached hydrogens (tertiary/aromatic N) is 2. The summed E-state index contributed by atoms with van der Waals surface area (Å²) < 4.78 is 0. The summed E-state index contributed by atoms with van der Waals surface area (Å²) in [6.07, 6.45) is 15.0. The maximum atomic E-state index is 11.6. The Bertz CT molecular complexity index is 698. The summed E-state index contributed by atoms with van der Waals surface area (Å²) in [6.45, 7) is 14.8. The Morgan fingerprint density at radius 1 is 0.758 bits per heavy atom. The lowest BCUT2D eigenvalue weighted by Crippen LogP contribution is -2.79. The average Bonchev–Trinajstić information content (AvgIpc) is 3.24. The maximum absolute atomic E-state index is 11.6. The molecule has 0 aromatic rings. The molecule has 0 aromatic heterocycles. The van der Waals surface area contributed by atoms with Crippen LogP contribution in [0.1, 0.15) is 91.4 Å². The molecule has 4 nitrogen and oxygen atoms in total. The van der Waals surface area contributed by atoms with Crippen molar-refractivity contribution in [3.05, 3.63) is 0 Å². The van der Waals surface area contributed by atoms with E-state index in [0.717, 1.165) is 50.4 Å². The Hall–Kier alpha value is -0.160. The molecule has 2 heterocycles. The molecule has 0 spiro atoms. The molecule has 9 atom stereocenters. The van der Waals surface area contributed by atoms with Gasteiger partial charge in [0.2, 0.25) is 0 Å². The van der Waals surface area contributed by atoms with Gasteiger partial charge in [-0.05, 0) is 99.5 Å². The molecule has 7 unspecified atom stereocenters. The highest BCUT2D eigenvalue weighted by molar-refractivity contribution is 5.19. The Balaban J connectivity index is 1.48. The third-order valence-corrected chi connectivity index (χ3v) is 12.7. The molecule has 2 N–H and O–H groups in total. The first-order chi connectivity index (χ1) is 15.9. The summed E-state index contributed by atoms with van der Waals surface area (Å²) in [5, 5.41) is 15.3. The molecule has 33 heavy (non-hydrogen) atoms. The third kappa shape index (κ3) is 3.22. The summed E-state index contributed by atoms with van der Waals surface area (Å²) in [5.41, 5.74) is 0.946. The number of aliphatic hydroxyl groups excluding tert-OH is 1. The first-order valence-electron chi connectivity index (χ1n) is 14.8. The van der Waals surface area contributed by atoms with Gasteiger partial charge in [-0.1, -0.05) is 33.6 Å². The predicted molar refractivity (Wildman–Crippen MR) is 135 cm³/mol. The normalized spacial score (nSPS) is 53.8. The van der Waals surface area contributed by atoms with E-state index in [2.05, 4.69) is 35.9 Å². The molecule has 6 rings (SSSR count).